The molecule has 0 aliphatic carbocycles. The Labute approximate surface area is 161 Å². The average Bonchev–Trinajstić information content (AvgIpc) is 3.02. The lowest BCUT2D eigenvalue weighted by Gasteiger charge is -2.08. The molecule has 0 radical (unpaired) electrons. The maximum absolute atomic E-state index is 12.3. The summed E-state index contributed by atoms with van der Waals surface area (Å²) in [6.45, 7) is 4.33. The zero-order valence-electron chi connectivity index (χ0n) is 15.2. The highest BCUT2D eigenvalue weighted by molar-refractivity contribution is 7.16. The van der Waals surface area contributed by atoms with Crippen molar-refractivity contribution in [3.05, 3.63) is 71.6 Å². The highest BCUT2D eigenvalue weighted by Gasteiger charge is 2.12. The third-order valence-corrected chi connectivity index (χ3v) is 4.96. The van der Waals surface area contributed by atoms with Crippen molar-refractivity contribution in [3.8, 4) is 11.5 Å². The van der Waals surface area contributed by atoms with Crippen LogP contribution in [0.3, 0.4) is 0 Å². The molecule has 0 bridgehead atoms. The molecular formula is C21H20N2O3S. The van der Waals surface area contributed by atoms with Gasteiger partial charge in [-0.25, -0.2) is 0 Å². The van der Waals surface area contributed by atoms with Crippen LogP contribution in [0.5, 0.6) is 11.5 Å². The zero-order valence-corrected chi connectivity index (χ0v) is 16.0. The van der Waals surface area contributed by atoms with E-state index in [2.05, 4.69) is 11.6 Å². The summed E-state index contributed by atoms with van der Waals surface area (Å²) in [5.41, 5.74) is 1.86. The minimum Gasteiger partial charge on any atom is -0.493 e. The predicted molar refractivity (Wildman–Crippen MR) is 109 cm³/mol. The molecule has 27 heavy (non-hydrogen) atoms. The third kappa shape index (κ3) is 4.17. The molecule has 2 aromatic carbocycles. The van der Waals surface area contributed by atoms with Crippen LogP contribution < -0.4 is 14.3 Å². The van der Waals surface area contributed by atoms with Gasteiger partial charge < -0.3 is 14.0 Å². The Morgan fingerprint density at radius 3 is 2.56 bits per heavy atom. The number of rotatable bonds is 6. The van der Waals surface area contributed by atoms with E-state index in [1.54, 1.807) is 26.4 Å². The summed E-state index contributed by atoms with van der Waals surface area (Å²) in [7, 11) is 3.19. The number of carbonyl (C=O) groups excluding carboxylic acids is 1. The predicted octanol–water partition coefficient (Wildman–Crippen LogP) is 4.05. The third-order valence-electron chi connectivity index (χ3n) is 3.92. The van der Waals surface area contributed by atoms with Crippen LogP contribution in [0.15, 0.2) is 66.2 Å². The Morgan fingerprint density at radius 1 is 1.19 bits per heavy atom. The molecule has 0 atom stereocenters. The topological polar surface area (TPSA) is 52.8 Å². The van der Waals surface area contributed by atoms with E-state index < -0.39 is 0 Å². The molecular weight excluding hydrogens is 360 g/mol. The average molecular weight is 380 g/mol. The van der Waals surface area contributed by atoms with Crippen molar-refractivity contribution in [2.75, 3.05) is 14.2 Å². The fourth-order valence-electron chi connectivity index (χ4n) is 2.65. The van der Waals surface area contributed by atoms with Crippen molar-refractivity contribution < 1.29 is 14.3 Å². The number of nitrogens with zero attached hydrogens (tertiary/aromatic N) is 2. The highest BCUT2D eigenvalue weighted by atomic mass is 32.1. The molecule has 5 nitrogen and oxygen atoms in total. The summed E-state index contributed by atoms with van der Waals surface area (Å²) in [6.07, 6.45) is 4.99. The maximum Gasteiger partial charge on any atom is 0.272 e. The number of methoxy groups -OCH3 is 2. The van der Waals surface area contributed by atoms with E-state index in [-0.39, 0.29) is 5.91 Å². The second kappa shape index (κ2) is 8.51. The first-order valence-electron chi connectivity index (χ1n) is 8.34. The molecule has 0 aliphatic heterocycles. The van der Waals surface area contributed by atoms with Gasteiger partial charge in [0, 0.05) is 24.8 Å². The lowest BCUT2D eigenvalue weighted by atomic mass is 10.2. The molecule has 1 amide bonds. The van der Waals surface area contributed by atoms with Crippen molar-refractivity contribution in [1.82, 2.24) is 4.57 Å². The summed E-state index contributed by atoms with van der Waals surface area (Å²) < 4.78 is 13.6. The minimum atomic E-state index is -0.317. The Kier molecular flexibility index (Phi) is 5.88. The summed E-state index contributed by atoms with van der Waals surface area (Å²) in [5, 5.41) is 0. The van der Waals surface area contributed by atoms with Crippen LogP contribution in [0.1, 0.15) is 5.56 Å². The first-order chi connectivity index (χ1) is 13.2. The van der Waals surface area contributed by atoms with Crippen molar-refractivity contribution in [3.63, 3.8) is 0 Å². The molecule has 0 saturated carbocycles. The Hall–Kier alpha value is -3.12. The molecule has 1 aromatic heterocycles. The lowest BCUT2D eigenvalue weighted by Crippen LogP contribution is -2.15. The standard InChI is InChI=1S/C21H20N2O3S/c1-4-12-23-16-13-17(25-2)18(26-3)14-19(16)27-21(23)22-20(24)11-10-15-8-6-5-7-9-15/h4-11,13-14H,1,12H2,2-3H3. The van der Waals surface area contributed by atoms with Gasteiger partial charge in [-0.3, -0.25) is 4.79 Å². The number of carbonyl (C=O) groups is 1. The van der Waals surface area contributed by atoms with Gasteiger partial charge in [0.25, 0.3) is 5.91 Å². The molecule has 0 fully saturated rings. The number of hydrogen-bond donors (Lipinski definition) is 0. The molecule has 3 rings (SSSR count). The fourth-order valence-corrected chi connectivity index (χ4v) is 3.71. The number of allylic oxidation sites excluding steroid dienone is 1. The zero-order chi connectivity index (χ0) is 19.2. The van der Waals surface area contributed by atoms with Gasteiger partial charge in [-0.1, -0.05) is 47.7 Å². The SMILES string of the molecule is C=CCn1c(=NC(=O)C=Cc2ccccc2)sc2cc(OC)c(OC)cc21. The van der Waals surface area contributed by atoms with Crippen LogP contribution in [-0.2, 0) is 11.3 Å². The molecule has 3 aromatic rings. The molecule has 0 unspecified atom stereocenters. The molecule has 0 N–H and O–H groups in total. The summed E-state index contributed by atoms with van der Waals surface area (Å²) in [6, 6.07) is 13.4. The van der Waals surface area contributed by atoms with Crippen LogP contribution in [0, 0.1) is 0 Å². The Bertz CT molecular complexity index is 1060. The van der Waals surface area contributed by atoms with E-state index in [1.807, 2.05) is 47.0 Å². The van der Waals surface area contributed by atoms with E-state index in [0.717, 1.165) is 15.8 Å². The van der Waals surface area contributed by atoms with E-state index in [9.17, 15) is 4.79 Å². The molecule has 0 aliphatic rings. The summed E-state index contributed by atoms with van der Waals surface area (Å²) >= 11 is 1.42. The Morgan fingerprint density at radius 2 is 1.89 bits per heavy atom. The van der Waals surface area contributed by atoms with Crippen molar-refractivity contribution in [1.29, 1.82) is 0 Å². The molecule has 0 spiro atoms. The van der Waals surface area contributed by atoms with E-state index in [0.29, 0.717) is 22.8 Å². The monoisotopic (exact) mass is 380 g/mol. The highest BCUT2D eigenvalue weighted by Crippen LogP contribution is 2.33. The van der Waals surface area contributed by atoms with Gasteiger partial charge in [-0.2, -0.15) is 4.99 Å². The number of hydrogen-bond acceptors (Lipinski definition) is 4. The van der Waals surface area contributed by atoms with Crippen LogP contribution in [0.25, 0.3) is 16.3 Å². The van der Waals surface area contributed by atoms with Gasteiger partial charge in [0.05, 0.1) is 24.4 Å². The van der Waals surface area contributed by atoms with Gasteiger partial charge in [-0.05, 0) is 11.6 Å². The largest absolute Gasteiger partial charge is 0.493 e. The number of amides is 1. The van der Waals surface area contributed by atoms with Crippen LogP contribution >= 0.6 is 11.3 Å². The number of thiazole rings is 1. The van der Waals surface area contributed by atoms with Crippen LogP contribution in [-0.4, -0.2) is 24.7 Å². The minimum absolute atomic E-state index is 0.317. The second-order valence-electron chi connectivity index (χ2n) is 5.65. The molecule has 1 heterocycles. The van der Waals surface area contributed by atoms with Gasteiger partial charge in [-0.15, -0.1) is 6.58 Å². The molecule has 0 saturated heterocycles. The van der Waals surface area contributed by atoms with Crippen LogP contribution in [0.4, 0.5) is 0 Å². The number of ether oxygens (including phenoxy) is 2. The number of benzene rings is 2. The van der Waals surface area contributed by atoms with Gasteiger partial charge in [0.15, 0.2) is 16.3 Å². The molecule has 138 valence electrons. The Balaban J connectivity index is 2.05. The van der Waals surface area contributed by atoms with E-state index in [4.69, 9.17) is 9.47 Å². The van der Waals surface area contributed by atoms with Crippen LogP contribution in [0.2, 0.25) is 0 Å². The lowest BCUT2D eigenvalue weighted by molar-refractivity contribution is -0.113. The smallest absolute Gasteiger partial charge is 0.272 e. The van der Waals surface area contributed by atoms with E-state index in [1.165, 1.54) is 17.4 Å². The first kappa shape index (κ1) is 18.7. The first-order valence-corrected chi connectivity index (χ1v) is 9.16. The van der Waals surface area contributed by atoms with Gasteiger partial charge in [0.1, 0.15) is 0 Å². The molecule has 6 heteroatoms. The summed E-state index contributed by atoms with van der Waals surface area (Å²) in [5.74, 6) is 0.948. The van der Waals surface area contributed by atoms with E-state index >= 15 is 0 Å². The summed E-state index contributed by atoms with van der Waals surface area (Å²) in [4.78, 5) is 17.2. The van der Waals surface area contributed by atoms with Gasteiger partial charge in [0.2, 0.25) is 0 Å². The fraction of sp³-hybridized carbons (Fsp3) is 0.143. The number of aromatic nitrogens is 1. The quantitative estimate of drug-likeness (QED) is 0.479. The number of fused-ring (bicyclic) bond motifs is 1. The van der Waals surface area contributed by atoms with Gasteiger partial charge >= 0.3 is 0 Å². The normalized spacial score (nSPS) is 11.9. The maximum atomic E-state index is 12.3. The van der Waals surface area contributed by atoms with Crippen molar-refractivity contribution in [2.45, 2.75) is 6.54 Å². The van der Waals surface area contributed by atoms with Crippen molar-refractivity contribution >= 4 is 33.5 Å². The second-order valence-corrected chi connectivity index (χ2v) is 6.66. The van der Waals surface area contributed by atoms with Crippen molar-refractivity contribution in [2.24, 2.45) is 4.99 Å².